The number of guanidine groups is 1. The summed E-state index contributed by atoms with van der Waals surface area (Å²) in [4.78, 5) is 45.1. The van der Waals surface area contributed by atoms with E-state index in [2.05, 4.69) is 9.98 Å². The minimum atomic E-state index is -1.97. The normalized spacial score (nSPS) is 25.9. The van der Waals surface area contributed by atoms with E-state index in [0.29, 0.717) is 0 Å². The summed E-state index contributed by atoms with van der Waals surface area (Å²) in [5.74, 6) is -2.28. The van der Waals surface area contributed by atoms with E-state index in [4.69, 9.17) is 5.73 Å². The Balaban J connectivity index is 2.28. The molecular weight excluding hydrogens is 236 g/mol. The first-order valence-corrected chi connectivity index (χ1v) is 5.18. The minimum absolute atomic E-state index is 0.00685. The van der Waals surface area contributed by atoms with Crippen LogP contribution in [0.3, 0.4) is 0 Å². The molecule has 1 unspecified atom stereocenters. The van der Waals surface area contributed by atoms with Gasteiger partial charge in [0.05, 0.1) is 5.56 Å². The Morgan fingerprint density at radius 1 is 1.28 bits per heavy atom. The third-order valence-corrected chi connectivity index (χ3v) is 3.30. The molecule has 0 saturated carbocycles. The van der Waals surface area contributed by atoms with Crippen molar-refractivity contribution >= 4 is 23.4 Å². The molecule has 1 aromatic rings. The number of carbonyl (C=O) groups excluding carboxylic acids is 3. The van der Waals surface area contributed by atoms with E-state index in [-0.39, 0.29) is 17.2 Å². The van der Waals surface area contributed by atoms with Crippen LogP contribution < -0.4 is 5.73 Å². The smallest absolute Gasteiger partial charge is 0.291 e. The Bertz CT molecular complexity index is 614. The van der Waals surface area contributed by atoms with E-state index >= 15 is 0 Å². The number of Topliss-reactive ketones (excluding diaryl/α,β-unsaturated/α-hetero) is 2. The maximum Gasteiger partial charge on any atom is 0.291 e. The van der Waals surface area contributed by atoms with Crippen LogP contribution in [0.4, 0.5) is 0 Å². The average molecular weight is 244 g/mol. The molecule has 0 saturated heterocycles. The van der Waals surface area contributed by atoms with Crippen LogP contribution in [0.5, 0.6) is 0 Å². The van der Waals surface area contributed by atoms with Crippen molar-refractivity contribution in [1.29, 1.82) is 0 Å². The molecule has 0 aromatic carbocycles. The van der Waals surface area contributed by atoms with Crippen molar-refractivity contribution in [2.75, 3.05) is 7.05 Å². The van der Waals surface area contributed by atoms with Crippen LogP contribution in [0.1, 0.15) is 20.8 Å². The number of hydrogen-bond acceptors (Lipinski definition) is 6. The molecule has 90 valence electrons. The third-order valence-electron chi connectivity index (χ3n) is 3.30. The summed E-state index contributed by atoms with van der Waals surface area (Å²) in [5.41, 5.74) is 3.67. The molecule has 1 spiro atoms. The monoisotopic (exact) mass is 244 g/mol. The summed E-state index contributed by atoms with van der Waals surface area (Å²) in [5, 5.41) is 0. The number of aliphatic imine (C=N–C) groups is 1. The van der Waals surface area contributed by atoms with E-state index in [1.165, 1.54) is 25.4 Å². The van der Waals surface area contributed by atoms with E-state index in [1.807, 2.05) is 0 Å². The van der Waals surface area contributed by atoms with Gasteiger partial charge in [-0.05, 0) is 12.1 Å². The molecule has 2 heterocycles. The molecule has 1 aliphatic carbocycles. The van der Waals surface area contributed by atoms with Crippen LogP contribution in [0.2, 0.25) is 0 Å². The molecule has 1 aromatic heterocycles. The van der Waals surface area contributed by atoms with Crippen molar-refractivity contribution in [2.24, 2.45) is 10.7 Å². The first-order chi connectivity index (χ1) is 8.51. The molecule has 0 fully saturated rings. The summed E-state index contributed by atoms with van der Waals surface area (Å²) in [7, 11) is 1.39. The lowest BCUT2D eigenvalue weighted by atomic mass is 9.92. The Kier molecular flexibility index (Phi) is 1.77. The highest BCUT2D eigenvalue weighted by Crippen LogP contribution is 2.36. The van der Waals surface area contributed by atoms with Crippen molar-refractivity contribution < 1.29 is 14.4 Å². The molecule has 18 heavy (non-hydrogen) atoms. The molecule has 7 nitrogen and oxygen atoms in total. The van der Waals surface area contributed by atoms with E-state index in [1.54, 1.807) is 0 Å². The van der Waals surface area contributed by atoms with Gasteiger partial charge in [0.2, 0.25) is 17.5 Å². The Labute approximate surface area is 101 Å². The van der Waals surface area contributed by atoms with Crippen LogP contribution in [0, 0.1) is 0 Å². The summed E-state index contributed by atoms with van der Waals surface area (Å²) >= 11 is 0. The summed E-state index contributed by atoms with van der Waals surface area (Å²) in [6.07, 6.45) is 1.40. The molecule has 2 aliphatic rings. The highest BCUT2D eigenvalue weighted by Gasteiger charge is 2.65. The number of hydrogen-bond donors (Lipinski definition) is 1. The van der Waals surface area contributed by atoms with E-state index < -0.39 is 23.0 Å². The number of fused-ring (bicyclic) bond motifs is 1. The van der Waals surface area contributed by atoms with Crippen LogP contribution in [-0.2, 0) is 4.79 Å². The standard InChI is InChI=1S/C11H8N4O3/c1-15-10(12)14-9(18)11(15)7(16)5-3-2-4-13-6(5)8(11)17/h2-4H,1H3,(H2,12,14,18). The number of aromatic nitrogens is 1. The number of nitrogens with two attached hydrogens (primary N) is 1. The van der Waals surface area contributed by atoms with Crippen LogP contribution in [0.15, 0.2) is 23.3 Å². The van der Waals surface area contributed by atoms with Crippen molar-refractivity contribution in [2.45, 2.75) is 5.54 Å². The van der Waals surface area contributed by atoms with Gasteiger partial charge >= 0.3 is 0 Å². The zero-order valence-electron chi connectivity index (χ0n) is 9.38. The molecule has 1 atom stereocenters. The molecule has 7 heteroatoms. The number of rotatable bonds is 0. The number of likely N-dealkylation sites (N-methyl/N-ethyl adjacent to an activating group) is 1. The van der Waals surface area contributed by atoms with Gasteiger partial charge in [0, 0.05) is 13.2 Å². The maximum absolute atomic E-state index is 12.3. The van der Waals surface area contributed by atoms with Crippen LogP contribution >= 0.6 is 0 Å². The number of amides is 1. The van der Waals surface area contributed by atoms with Gasteiger partial charge in [-0.1, -0.05) is 0 Å². The van der Waals surface area contributed by atoms with Crippen molar-refractivity contribution in [3.05, 3.63) is 29.6 Å². The highest BCUT2D eigenvalue weighted by atomic mass is 16.2. The van der Waals surface area contributed by atoms with Gasteiger partial charge in [-0.2, -0.15) is 4.99 Å². The SMILES string of the molecule is CN1C(N)=NC(=O)C12C(=O)c1cccnc1C2=O. The van der Waals surface area contributed by atoms with Gasteiger partial charge in [0.15, 0.2) is 0 Å². The second-order valence-electron chi connectivity index (χ2n) is 4.10. The fourth-order valence-electron chi connectivity index (χ4n) is 2.31. The third kappa shape index (κ3) is 0.885. The highest BCUT2D eigenvalue weighted by molar-refractivity contribution is 6.45. The summed E-state index contributed by atoms with van der Waals surface area (Å²) in [6, 6.07) is 3.00. The maximum atomic E-state index is 12.3. The topological polar surface area (TPSA) is 106 Å². The van der Waals surface area contributed by atoms with Gasteiger partial charge in [-0.15, -0.1) is 0 Å². The van der Waals surface area contributed by atoms with Crippen LogP contribution in [-0.4, -0.2) is 45.9 Å². The zero-order chi connectivity index (χ0) is 13.1. The number of pyridine rings is 1. The lowest BCUT2D eigenvalue weighted by molar-refractivity contribution is -0.121. The zero-order valence-corrected chi connectivity index (χ0v) is 9.38. The fourth-order valence-corrected chi connectivity index (χ4v) is 2.31. The molecule has 1 amide bonds. The number of ketones is 2. The molecule has 0 bridgehead atoms. The Morgan fingerprint density at radius 2 is 2.00 bits per heavy atom. The van der Waals surface area contributed by atoms with Gasteiger partial charge in [0.25, 0.3) is 11.4 Å². The average Bonchev–Trinajstić information content (AvgIpc) is 2.72. The number of carbonyl (C=O) groups is 3. The number of nitrogens with zero attached hydrogens (tertiary/aromatic N) is 3. The van der Waals surface area contributed by atoms with Crippen LogP contribution in [0.25, 0.3) is 0 Å². The lowest BCUT2D eigenvalue weighted by Gasteiger charge is -2.26. The molecular formula is C11H8N4O3. The van der Waals surface area contributed by atoms with Crippen molar-refractivity contribution in [3.63, 3.8) is 0 Å². The first kappa shape index (κ1) is 10.6. The predicted octanol–water partition coefficient (Wildman–Crippen LogP) is -1.01. The fraction of sp³-hybridized carbons (Fsp3) is 0.182. The van der Waals surface area contributed by atoms with Gasteiger partial charge in [-0.3, -0.25) is 19.4 Å². The van der Waals surface area contributed by atoms with E-state index in [0.717, 1.165) is 4.90 Å². The quantitative estimate of drug-likeness (QED) is 0.586. The second kappa shape index (κ2) is 3.00. The first-order valence-electron chi connectivity index (χ1n) is 5.18. The Morgan fingerprint density at radius 3 is 2.56 bits per heavy atom. The van der Waals surface area contributed by atoms with Gasteiger partial charge < -0.3 is 10.6 Å². The minimum Gasteiger partial charge on any atom is -0.369 e. The molecule has 2 N–H and O–H groups in total. The molecule has 0 radical (unpaired) electrons. The van der Waals surface area contributed by atoms with E-state index in [9.17, 15) is 14.4 Å². The molecule has 1 aliphatic heterocycles. The Hall–Kier alpha value is -2.57. The summed E-state index contributed by atoms with van der Waals surface area (Å²) < 4.78 is 0. The summed E-state index contributed by atoms with van der Waals surface area (Å²) in [6.45, 7) is 0. The second-order valence-corrected chi connectivity index (χ2v) is 4.10. The van der Waals surface area contributed by atoms with Gasteiger partial charge in [0.1, 0.15) is 5.69 Å². The predicted molar refractivity (Wildman–Crippen MR) is 60.0 cm³/mol. The van der Waals surface area contributed by atoms with Crippen molar-refractivity contribution in [3.8, 4) is 0 Å². The lowest BCUT2D eigenvalue weighted by Crippen LogP contribution is -2.59. The molecule has 3 rings (SSSR count). The van der Waals surface area contributed by atoms with Crippen molar-refractivity contribution in [1.82, 2.24) is 9.88 Å². The largest absolute Gasteiger partial charge is 0.369 e. The van der Waals surface area contributed by atoms with Gasteiger partial charge in [-0.25, -0.2) is 0 Å².